The Morgan fingerprint density at radius 1 is 1.20 bits per heavy atom. The van der Waals surface area contributed by atoms with Gasteiger partial charge in [0, 0.05) is 5.56 Å². The molecular formula is C19H19NO5. The predicted octanol–water partition coefficient (Wildman–Crippen LogP) is 2.94. The minimum atomic E-state index is -1.54. The lowest BCUT2D eigenvalue weighted by Crippen LogP contribution is -2.41. The molecule has 0 aliphatic heterocycles. The molecule has 1 atom stereocenters. The van der Waals surface area contributed by atoms with Gasteiger partial charge < -0.3 is 24.0 Å². The number of para-hydroxylation sites is 1. The van der Waals surface area contributed by atoms with Crippen LogP contribution in [0.25, 0.3) is 0 Å². The number of amides is 1. The highest BCUT2D eigenvalue weighted by molar-refractivity contribution is 5.97. The minimum Gasteiger partial charge on any atom is -0.493 e. The maximum absolute atomic E-state index is 12.6. The zero-order valence-electron chi connectivity index (χ0n) is 13.8. The van der Waals surface area contributed by atoms with Crippen molar-refractivity contribution in [2.45, 2.75) is 12.5 Å². The molecule has 0 aliphatic carbocycles. The van der Waals surface area contributed by atoms with Crippen LogP contribution in [0.15, 0.2) is 70.1 Å². The van der Waals surface area contributed by atoms with E-state index in [1.54, 1.807) is 42.5 Å². The lowest BCUT2D eigenvalue weighted by atomic mass is 9.93. The molecule has 0 fully saturated rings. The molecule has 0 aliphatic rings. The number of carbonyl (C=O) groups excluding carboxylic acids is 1. The first-order chi connectivity index (χ1) is 12.1. The molecule has 130 valence electrons. The molecule has 2 aromatic heterocycles. The van der Waals surface area contributed by atoms with E-state index in [0.717, 1.165) is 0 Å². The van der Waals surface area contributed by atoms with Gasteiger partial charge in [0.1, 0.15) is 11.5 Å². The molecule has 0 radical (unpaired) electrons. The molecule has 6 nitrogen and oxygen atoms in total. The Labute approximate surface area is 145 Å². The van der Waals surface area contributed by atoms with Gasteiger partial charge in [0.25, 0.3) is 5.91 Å². The molecule has 2 heterocycles. The van der Waals surface area contributed by atoms with Crippen molar-refractivity contribution < 1.29 is 23.5 Å². The summed E-state index contributed by atoms with van der Waals surface area (Å²) in [7, 11) is 0. The summed E-state index contributed by atoms with van der Waals surface area (Å²) in [4.78, 5) is 12.6. The van der Waals surface area contributed by atoms with Crippen LogP contribution in [-0.2, 0) is 5.60 Å². The quantitative estimate of drug-likeness (QED) is 0.690. The Morgan fingerprint density at radius 3 is 2.72 bits per heavy atom. The molecule has 0 spiro atoms. The number of rotatable bonds is 7. The summed E-state index contributed by atoms with van der Waals surface area (Å²) >= 11 is 0. The van der Waals surface area contributed by atoms with Crippen molar-refractivity contribution in [2.75, 3.05) is 13.2 Å². The fourth-order valence-corrected chi connectivity index (χ4v) is 2.58. The van der Waals surface area contributed by atoms with Gasteiger partial charge in [-0.1, -0.05) is 12.1 Å². The van der Waals surface area contributed by atoms with E-state index in [0.29, 0.717) is 29.2 Å². The number of ether oxygens (including phenoxy) is 1. The Bertz CT molecular complexity index is 774. The van der Waals surface area contributed by atoms with E-state index < -0.39 is 5.60 Å². The van der Waals surface area contributed by atoms with Gasteiger partial charge >= 0.3 is 0 Å². The first-order valence-corrected chi connectivity index (χ1v) is 7.94. The highest BCUT2D eigenvalue weighted by atomic mass is 16.5. The van der Waals surface area contributed by atoms with Crippen LogP contribution in [0.3, 0.4) is 0 Å². The molecule has 6 heteroatoms. The van der Waals surface area contributed by atoms with E-state index in [1.807, 2.05) is 6.92 Å². The number of hydrogen-bond donors (Lipinski definition) is 2. The summed E-state index contributed by atoms with van der Waals surface area (Å²) in [5.74, 6) is 0.456. The number of benzene rings is 1. The molecule has 3 rings (SSSR count). The van der Waals surface area contributed by atoms with Crippen LogP contribution in [0.5, 0.6) is 5.75 Å². The molecule has 0 bridgehead atoms. The topological polar surface area (TPSA) is 84.8 Å². The number of carbonyl (C=O) groups is 1. The number of furan rings is 2. The second-order valence-corrected chi connectivity index (χ2v) is 5.46. The lowest BCUT2D eigenvalue weighted by Gasteiger charge is -2.25. The van der Waals surface area contributed by atoms with Crippen molar-refractivity contribution in [3.8, 4) is 5.75 Å². The van der Waals surface area contributed by atoms with Gasteiger partial charge in [-0.2, -0.15) is 0 Å². The largest absolute Gasteiger partial charge is 0.493 e. The number of nitrogens with one attached hydrogen (secondary N) is 1. The van der Waals surface area contributed by atoms with E-state index in [9.17, 15) is 9.90 Å². The maximum Gasteiger partial charge on any atom is 0.255 e. The highest BCUT2D eigenvalue weighted by Crippen LogP contribution is 2.30. The van der Waals surface area contributed by atoms with Crippen LogP contribution in [0.2, 0.25) is 0 Å². The summed E-state index contributed by atoms with van der Waals surface area (Å²) in [5.41, 5.74) is -0.647. The van der Waals surface area contributed by atoms with Crippen molar-refractivity contribution in [3.05, 3.63) is 78.1 Å². The average molecular weight is 341 g/mol. The fourth-order valence-electron chi connectivity index (χ4n) is 2.58. The van der Waals surface area contributed by atoms with Crippen molar-refractivity contribution in [1.29, 1.82) is 0 Å². The maximum atomic E-state index is 12.6. The normalized spacial score (nSPS) is 13.2. The van der Waals surface area contributed by atoms with Crippen LogP contribution >= 0.6 is 0 Å². The zero-order valence-corrected chi connectivity index (χ0v) is 13.8. The number of hydrogen-bond acceptors (Lipinski definition) is 5. The van der Waals surface area contributed by atoms with Gasteiger partial charge in [0.2, 0.25) is 0 Å². The standard InChI is InChI=1S/C19H19NO5/c1-2-24-16-7-4-3-6-15(16)18(21)20-13-19(22,14-9-11-23-12-14)17-8-5-10-25-17/h3-12,22H,2,13H2,1H3,(H,20,21). The molecule has 0 saturated carbocycles. The van der Waals surface area contributed by atoms with Crippen LogP contribution in [-0.4, -0.2) is 24.2 Å². The van der Waals surface area contributed by atoms with Gasteiger partial charge in [0.05, 0.1) is 37.5 Å². The second kappa shape index (κ2) is 7.27. The Morgan fingerprint density at radius 2 is 2.04 bits per heavy atom. The highest BCUT2D eigenvalue weighted by Gasteiger charge is 2.36. The molecule has 1 amide bonds. The van der Waals surface area contributed by atoms with Crippen LogP contribution < -0.4 is 10.1 Å². The summed E-state index contributed by atoms with van der Waals surface area (Å²) in [5, 5.41) is 13.8. The predicted molar refractivity (Wildman–Crippen MR) is 90.4 cm³/mol. The van der Waals surface area contributed by atoms with Crippen LogP contribution in [0.1, 0.15) is 28.6 Å². The Balaban J connectivity index is 1.82. The third-order valence-electron chi connectivity index (χ3n) is 3.86. The van der Waals surface area contributed by atoms with Crippen LogP contribution in [0.4, 0.5) is 0 Å². The van der Waals surface area contributed by atoms with Gasteiger partial charge in [-0.15, -0.1) is 0 Å². The van der Waals surface area contributed by atoms with Crippen molar-refractivity contribution >= 4 is 5.91 Å². The molecule has 3 aromatic rings. The average Bonchev–Trinajstić information content (AvgIpc) is 3.34. The molecule has 0 saturated heterocycles. The molecule has 1 aromatic carbocycles. The number of aliphatic hydroxyl groups is 1. The summed E-state index contributed by atoms with van der Waals surface area (Å²) in [6.45, 7) is 2.22. The van der Waals surface area contributed by atoms with Crippen molar-refractivity contribution in [1.82, 2.24) is 5.32 Å². The first-order valence-electron chi connectivity index (χ1n) is 7.94. The summed E-state index contributed by atoms with van der Waals surface area (Å²) in [6, 6.07) is 11.9. The van der Waals surface area contributed by atoms with Gasteiger partial charge in [-0.3, -0.25) is 4.79 Å². The summed E-state index contributed by atoms with van der Waals surface area (Å²) in [6.07, 6.45) is 4.34. The third kappa shape index (κ3) is 3.44. The zero-order chi connectivity index (χ0) is 17.7. The van der Waals surface area contributed by atoms with E-state index in [-0.39, 0.29) is 12.5 Å². The van der Waals surface area contributed by atoms with Crippen molar-refractivity contribution in [3.63, 3.8) is 0 Å². The molecule has 2 N–H and O–H groups in total. The van der Waals surface area contributed by atoms with Crippen molar-refractivity contribution in [2.24, 2.45) is 0 Å². The van der Waals surface area contributed by atoms with Gasteiger partial charge in [-0.05, 0) is 37.3 Å². The fraction of sp³-hybridized carbons (Fsp3) is 0.211. The lowest BCUT2D eigenvalue weighted by molar-refractivity contribution is 0.0519. The SMILES string of the molecule is CCOc1ccccc1C(=O)NCC(O)(c1ccoc1)c1ccco1. The minimum absolute atomic E-state index is 0.0840. The molecular weight excluding hydrogens is 322 g/mol. The van der Waals surface area contributed by atoms with Crippen LogP contribution in [0, 0.1) is 0 Å². The molecule has 1 unspecified atom stereocenters. The smallest absolute Gasteiger partial charge is 0.255 e. The first kappa shape index (κ1) is 16.9. The van der Waals surface area contributed by atoms with E-state index in [1.165, 1.54) is 18.8 Å². The van der Waals surface area contributed by atoms with E-state index in [2.05, 4.69) is 5.32 Å². The molecule has 25 heavy (non-hydrogen) atoms. The Kier molecular flexibility index (Phi) is 4.90. The summed E-state index contributed by atoms with van der Waals surface area (Å²) < 4.78 is 15.9. The second-order valence-electron chi connectivity index (χ2n) is 5.46. The van der Waals surface area contributed by atoms with Gasteiger partial charge in [0.15, 0.2) is 5.60 Å². The Hall–Kier alpha value is -2.99. The van der Waals surface area contributed by atoms with E-state index in [4.69, 9.17) is 13.6 Å². The van der Waals surface area contributed by atoms with E-state index >= 15 is 0 Å². The third-order valence-corrected chi connectivity index (χ3v) is 3.86. The van der Waals surface area contributed by atoms with Gasteiger partial charge in [-0.25, -0.2) is 0 Å². The monoisotopic (exact) mass is 341 g/mol.